The summed E-state index contributed by atoms with van der Waals surface area (Å²) in [6, 6.07) is 18.0. The molecule has 0 aliphatic heterocycles. The minimum absolute atomic E-state index is 0. The van der Waals surface area contributed by atoms with Crippen molar-refractivity contribution in [3.63, 3.8) is 0 Å². The predicted octanol–water partition coefficient (Wildman–Crippen LogP) is 0.289. The van der Waals surface area contributed by atoms with Crippen molar-refractivity contribution in [2.75, 3.05) is 0 Å². The van der Waals surface area contributed by atoms with E-state index in [1.807, 2.05) is 36.4 Å². The van der Waals surface area contributed by atoms with E-state index in [4.69, 9.17) is 9.31 Å². The molecule has 0 spiro atoms. The molecule has 6 heteroatoms. The Morgan fingerprint density at radius 2 is 1.06 bits per heavy atom. The van der Waals surface area contributed by atoms with E-state index >= 15 is 0 Å². The van der Waals surface area contributed by atoms with E-state index in [0.717, 1.165) is 0 Å². The van der Waals surface area contributed by atoms with Gasteiger partial charge in [-0.25, -0.2) is 0 Å². The van der Waals surface area contributed by atoms with Crippen LogP contribution in [0.1, 0.15) is 0 Å². The van der Waals surface area contributed by atoms with Crippen LogP contribution in [-0.4, -0.2) is 39.6 Å². The fraction of sp³-hybridized carbons (Fsp3) is 0. The number of hydrogen-bond acceptors (Lipinski definition) is 3. The van der Waals surface area contributed by atoms with Crippen LogP contribution in [0.2, 0.25) is 0 Å². The minimum atomic E-state index is -1.30. The normalized spacial score (nSPS) is 8.50. The molecule has 0 heterocycles. The Morgan fingerprint density at radius 1 is 0.722 bits per heavy atom. The molecule has 2 rings (SSSR count). The van der Waals surface area contributed by atoms with Gasteiger partial charge in [0.15, 0.2) is 0 Å². The fourth-order valence-corrected chi connectivity index (χ4v) is 1.26. The third kappa shape index (κ3) is 5.37. The molecule has 88 valence electrons. The van der Waals surface area contributed by atoms with Crippen LogP contribution in [0.4, 0.5) is 0 Å². The Kier molecular flexibility index (Phi) is 8.15. The summed E-state index contributed by atoms with van der Waals surface area (Å²) in [5.41, 5.74) is 0. The van der Waals surface area contributed by atoms with Crippen LogP contribution in [0.15, 0.2) is 60.7 Å². The van der Waals surface area contributed by atoms with E-state index in [0.29, 0.717) is 11.5 Å². The number of hydrogen-bond donors (Lipinski definition) is 1. The topological polar surface area (TPSA) is 38.7 Å². The van der Waals surface area contributed by atoms with E-state index < -0.39 is 7.32 Å². The third-order valence-electron chi connectivity index (χ3n) is 1.96. The van der Waals surface area contributed by atoms with Gasteiger partial charge in [0.05, 0.1) is 8.41 Å². The molecule has 2 aromatic carbocycles. The predicted molar refractivity (Wildman–Crippen MR) is 79.2 cm³/mol. The molecule has 0 unspecified atom stereocenters. The van der Waals surface area contributed by atoms with Crippen LogP contribution < -0.4 is 9.31 Å². The SMILES string of the molecule is B.OB(Oc1ccccc1)Oc1ccccc1.[LiH]. The molecule has 0 bridgehead atoms. The zero-order valence-electron chi connectivity index (χ0n) is 8.61. The van der Waals surface area contributed by atoms with Gasteiger partial charge < -0.3 is 14.3 Å². The Bertz CT molecular complexity index is 386. The molecule has 0 atom stereocenters. The van der Waals surface area contributed by atoms with Gasteiger partial charge in [-0.1, -0.05) is 36.4 Å². The van der Waals surface area contributed by atoms with Crippen LogP contribution in [0.25, 0.3) is 0 Å². The van der Waals surface area contributed by atoms with Crippen molar-refractivity contribution in [1.82, 2.24) is 0 Å². The summed E-state index contributed by atoms with van der Waals surface area (Å²) >= 11 is 0. The first-order chi connectivity index (χ1) is 7.84. The molecule has 1 N–H and O–H groups in total. The van der Waals surface area contributed by atoms with Gasteiger partial charge >= 0.3 is 26.2 Å². The van der Waals surface area contributed by atoms with Crippen LogP contribution in [0, 0.1) is 0 Å². The average Bonchev–Trinajstić information content (AvgIpc) is 2.31. The molecule has 0 aliphatic rings. The second kappa shape index (κ2) is 8.77. The van der Waals surface area contributed by atoms with Gasteiger partial charge in [-0.3, -0.25) is 0 Å². The maximum atomic E-state index is 9.51. The first-order valence-electron chi connectivity index (χ1n) is 4.96. The van der Waals surface area contributed by atoms with Gasteiger partial charge in [-0.2, -0.15) is 0 Å². The van der Waals surface area contributed by atoms with Crippen molar-refractivity contribution in [1.29, 1.82) is 0 Å². The Morgan fingerprint density at radius 3 is 1.39 bits per heavy atom. The van der Waals surface area contributed by atoms with Crippen molar-refractivity contribution in [3.05, 3.63) is 60.7 Å². The van der Waals surface area contributed by atoms with Gasteiger partial charge in [-0.05, 0) is 24.3 Å². The molecule has 0 fully saturated rings. The number of benzene rings is 2. The molecular formula is C12H15B2LiO3. The van der Waals surface area contributed by atoms with Crippen LogP contribution in [-0.2, 0) is 0 Å². The summed E-state index contributed by atoms with van der Waals surface area (Å²) in [6.45, 7) is 0. The van der Waals surface area contributed by atoms with Gasteiger partial charge in [0, 0.05) is 0 Å². The molecule has 2 aromatic rings. The third-order valence-corrected chi connectivity index (χ3v) is 1.96. The molecule has 0 saturated heterocycles. The molecule has 3 nitrogen and oxygen atoms in total. The van der Waals surface area contributed by atoms with E-state index in [1.54, 1.807) is 24.3 Å². The second-order valence-corrected chi connectivity index (χ2v) is 3.17. The van der Waals surface area contributed by atoms with Gasteiger partial charge in [-0.15, -0.1) is 0 Å². The van der Waals surface area contributed by atoms with Crippen LogP contribution in [0.3, 0.4) is 0 Å². The summed E-state index contributed by atoms with van der Waals surface area (Å²) in [7, 11) is -1.30. The molecule has 0 saturated carbocycles. The maximum absolute atomic E-state index is 9.51. The Balaban J connectivity index is 0.00000144. The van der Waals surface area contributed by atoms with Gasteiger partial charge in [0.2, 0.25) is 0 Å². The molecular weight excluding hydrogens is 221 g/mol. The Labute approximate surface area is 121 Å². The van der Waals surface area contributed by atoms with E-state index in [2.05, 4.69) is 0 Å². The van der Waals surface area contributed by atoms with Crippen molar-refractivity contribution < 1.29 is 14.3 Å². The van der Waals surface area contributed by atoms with E-state index in [1.165, 1.54) is 0 Å². The average molecular weight is 236 g/mol. The molecule has 18 heavy (non-hydrogen) atoms. The molecule has 0 aliphatic carbocycles. The summed E-state index contributed by atoms with van der Waals surface area (Å²) in [4.78, 5) is 0. The Hall–Kier alpha value is -1.27. The first-order valence-corrected chi connectivity index (χ1v) is 4.96. The monoisotopic (exact) mass is 236 g/mol. The molecule has 0 radical (unpaired) electrons. The summed E-state index contributed by atoms with van der Waals surface area (Å²) in [5.74, 6) is 1.12. The van der Waals surface area contributed by atoms with E-state index in [-0.39, 0.29) is 27.3 Å². The number of para-hydroxylation sites is 2. The summed E-state index contributed by atoms with van der Waals surface area (Å²) < 4.78 is 10.3. The van der Waals surface area contributed by atoms with Crippen LogP contribution in [0.5, 0.6) is 11.5 Å². The number of rotatable bonds is 4. The zero-order chi connectivity index (χ0) is 11.2. The van der Waals surface area contributed by atoms with Crippen molar-refractivity contribution in [2.45, 2.75) is 0 Å². The fourth-order valence-electron chi connectivity index (χ4n) is 1.26. The van der Waals surface area contributed by atoms with Crippen molar-refractivity contribution in [2.24, 2.45) is 0 Å². The van der Waals surface area contributed by atoms with Gasteiger partial charge in [0.25, 0.3) is 0 Å². The van der Waals surface area contributed by atoms with Crippen molar-refractivity contribution >= 4 is 34.6 Å². The van der Waals surface area contributed by atoms with E-state index in [9.17, 15) is 5.02 Å². The quantitative estimate of drug-likeness (QED) is 0.775. The molecule has 0 amide bonds. The van der Waals surface area contributed by atoms with Gasteiger partial charge in [0.1, 0.15) is 11.5 Å². The van der Waals surface area contributed by atoms with Crippen molar-refractivity contribution in [3.8, 4) is 11.5 Å². The van der Waals surface area contributed by atoms with Crippen LogP contribution >= 0.6 is 0 Å². The molecule has 0 aromatic heterocycles. The first kappa shape index (κ1) is 16.7. The summed E-state index contributed by atoms with van der Waals surface area (Å²) in [6.07, 6.45) is 0. The summed E-state index contributed by atoms with van der Waals surface area (Å²) in [5, 5.41) is 9.51. The standard InChI is InChI=1S/C12H11BO3.BH3.Li.H/c14-13(15-11-7-3-1-4-8-11)16-12-9-5-2-6-10-12;;;/h1-10,14H;1H3;;. The zero-order valence-corrected chi connectivity index (χ0v) is 8.61. The second-order valence-electron chi connectivity index (χ2n) is 3.17.